The van der Waals surface area contributed by atoms with Crippen molar-refractivity contribution in [3.8, 4) is 17.2 Å². The van der Waals surface area contributed by atoms with Gasteiger partial charge in [0.25, 0.3) is 0 Å². The Labute approximate surface area is 124 Å². The second-order valence-corrected chi connectivity index (χ2v) is 4.52. The predicted molar refractivity (Wildman–Crippen MR) is 80.9 cm³/mol. The molecular formula is C16H20N2O3. The monoisotopic (exact) mass is 288 g/mol. The van der Waals surface area contributed by atoms with Crippen molar-refractivity contribution in [2.45, 2.75) is 13.0 Å². The number of hydrogen-bond donors (Lipinski definition) is 1. The first kappa shape index (κ1) is 15.1. The van der Waals surface area contributed by atoms with Gasteiger partial charge < -0.3 is 19.9 Å². The van der Waals surface area contributed by atoms with Crippen molar-refractivity contribution in [2.24, 2.45) is 5.73 Å². The largest absolute Gasteiger partial charge is 0.493 e. The molecule has 21 heavy (non-hydrogen) atoms. The van der Waals surface area contributed by atoms with E-state index in [1.165, 1.54) is 0 Å². The molecule has 2 N–H and O–H groups in total. The Morgan fingerprint density at radius 3 is 2.33 bits per heavy atom. The molecule has 1 aromatic heterocycles. The third-order valence-electron chi connectivity index (χ3n) is 3.06. The molecule has 0 fully saturated rings. The van der Waals surface area contributed by atoms with E-state index in [2.05, 4.69) is 4.98 Å². The summed E-state index contributed by atoms with van der Waals surface area (Å²) in [7, 11) is 3.22. The lowest BCUT2D eigenvalue weighted by Crippen LogP contribution is -2.05. The lowest BCUT2D eigenvalue weighted by Gasteiger charge is -2.16. The van der Waals surface area contributed by atoms with Crippen LogP contribution in [-0.4, -0.2) is 25.7 Å². The Morgan fingerprint density at radius 1 is 1.10 bits per heavy atom. The van der Waals surface area contributed by atoms with Gasteiger partial charge in [-0.3, -0.25) is 4.98 Å². The van der Waals surface area contributed by atoms with Crippen molar-refractivity contribution in [3.05, 3.63) is 47.8 Å². The molecule has 5 heteroatoms. The number of aromatic nitrogens is 1. The van der Waals surface area contributed by atoms with E-state index in [1.54, 1.807) is 26.6 Å². The molecule has 0 spiro atoms. The fraction of sp³-hybridized carbons (Fsp3) is 0.312. The Hall–Kier alpha value is -2.27. The molecule has 2 rings (SSSR count). The van der Waals surface area contributed by atoms with E-state index in [0.717, 1.165) is 17.5 Å². The summed E-state index contributed by atoms with van der Waals surface area (Å²) in [6, 6.07) is 7.67. The molecule has 0 bridgehead atoms. The Morgan fingerprint density at radius 2 is 1.81 bits per heavy atom. The van der Waals surface area contributed by atoms with Crippen LogP contribution in [0.2, 0.25) is 0 Å². The van der Waals surface area contributed by atoms with E-state index in [1.807, 2.05) is 24.3 Å². The molecule has 0 radical (unpaired) electrons. The number of ether oxygens (including phenoxy) is 3. The van der Waals surface area contributed by atoms with Crippen LogP contribution < -0.4 is 19.9 Å². The zero-order valence-corrected chi connectivity index (χ0v) is 12.3. The zero-order valence-electron chi connectivity index (χ0n) is 12.3. The summed E-state index contributed by atoms with van der Waals surface area (Å²) in [5.74, 6) is 1.87. The fourth-order valence-electron chi connectivity index (χ4n) is 2.03. The maximum absolute atomic E-state index is 5.85. The predicted octanol–water partition coefficient (Wildman–Crippen LogP) is 2.18. The number of methoxy groups -OCH3 is 2. The van der Waals surface area contributed by atoms with Gasteiger partial charge in [-0.2, -0.15) is 0 Å². The standard InChI is InChI=1S/C16H20N2O3/c1-19-14-8-12(5-6-17)9-15(20-2)16(14)21-11-13-4-3-7-18-10-13/h3-4,7-10H,5-6,11,17H2,1-2H3. The van der Waals surface area contributed by atoms with E-state index in [9.17, 15) is 0 Å². The highest BCUT2D eigenvalue weighted by Gasteiger charge is 2.14. The molecular weight excluding hydrogens is 268 g/mol. The van der Waals surface area contributed by atoms with Gasteiger partial charge in [0.1, 0.15) is 6.61 Å². The van der Waals surface area contributed by atoms with Crippen LogP contribution in [0.4, 0.5) is 0 Å². The Bertz CT molecular complexity index is 548. The van der Waals surface area contributed by atoms with E-state index < -0.39 is 0 Å². The van der Waals surface area contributed by atoms with Gasteiger partial charge in [-0.15, -0.1) is 0 Å². The van der Waals surface area contributed by atoms with E-state index in [4.69, 9.17) is 19.9 Å². The van der Waals surface area contributed by atoms with Gasteiger partial charge in [-0.05, 0) is 36.7 Å². The van der Waals surface area contributed by atoms with Crippen LogP contribution in [-0.2, 0) is 13.0 Å². The Kier molecular flexibility index (Phi) is 5.40. The minimum atomic E-state index is 0.400. The molecule has 0 unspecified atom stereocenters. The highest BCUT2D eigenvalue weighted by molar-refractivity contribution is 5.54. The number of hydrogen-bond acceptors (Lipinski definition) is 5. The smallest absolute Gasteiger partial charge is 0.203 e. The van der Waals surface area contributed by atoms with Crippen LogP contribution in [0.5, 0.6) is 17.2 Å². The molecule has 1 aromatic carbocycles. The van der Waals surface area contributed by atoms with Crippen molar-refractivity contribution >= 4 is 0 Å². The molecule has 0 saturated carbocycles. The van der Waals surface area contributed by atoms with Crippen LogP contribution >= 0.6 is 0 Å². The normalized spacial score (nSPS) is 10.2. The maximum atomic E-state index is 5.85. The van der Waals surface area contributed by atoms with Crippen LogP contribution in [0.3, 0.4) is 0 Å². The van der Waals surface area contributed by atoms with Gasteiger partial charge >= 0.3 is 0 Å². The molecule has 0 atom stereocenters. The van der Waals surface area contributed by atoms with Gasteiger partial charge in [0.05, 0.1) is 14.2 Å². The third-order valence-corrected chi connectivity index (χ3v) is 3.06. The average molecular weight is 288 g/mol. The molecule has 5 nitrogen and oxygen atoms in total. The SMILES string of the molecule is COc1cc(CCN)cc(OC)c1OCc1cccnc1. The highest BCUT2D eigenvalue weighted by Crippen LogP contribution is 2.39. The van der Waals surface area contributed by atoms with Crippen LogP contribution in [0, 0.1) is 0 Å². The summed E-state index contributed by atoms with van der Waals surface area (Å²) in [4.78, 5) is 4.06. The quantitative estimate of drug-likeness (QED) is 0.846. The number of nitrogens with zero attached hydrogens (tertiary/aromatic N) is 1. The van der Waals surface area contributed by atoms with E-state index in [-0.39, 0.29) is 0 Å². The molecule has 0 aliphatic carbocycles. The molecule has 0 saturated heterocycles. The Balaban J connectivity index is 2.24. The molecule has 112 valence electrons. The zero-order chi connectivity index (χ0) is 15.1. The minimum absolute atomic E-state index is 0.400. The van der Waals surface area contributed by atoms with Crippen molar-refractivity contribution in [1.82, 2.24) is 4.98 Å². The second-order valence-electron chi connectivity index (χ2n) is 4.52. The molecule has 0 aliphatic heterocycles. The van der Waals surface area contributed by atoms with Gasteiger partial charge in [-0.1, -0.05) is 6.07 Å². The van der Waals surface area contributed by atoms with Gasteiger partial charge in [0.2, 0.25) is 5.75 Å². The van der Waals surface area contributed by atoms with E-state index >= 15 is 0 Å². The van der Waals surface area contributed by atoms with Crippen molar-refractivity contribution in [2.75, 3.05) is 20.8 Å². The minimum Gasteiger partial charge on any atom is -0.493 e. The number of nitrogens with two attached hydrogens (primary N) is 1. The van der Waals surface area contributed by atoms with Crippen LogP contribution in [0.15, 0.2) is 36.7 Å². The molecule has 2 aromatic rings. The first-order chi connectivity index (χ1) is 10.3. The average Bonchev–Trinajstić information content (AvgIpc) is 2.54. The second kappa shape index (κ2) is 7.50. The highest BCUT2D eigenvalue weighted by atomic mass is 16.5. The first-order valence-electron chi connectivity index (χ1n) is 6.75. The van der Waals surface area contributed by atoms with Gasteiger partial charge in [0.15, 0.2) is 11.5 Å². The third kappa shape index (κ3) is 3.86. The molecule has 0 amide bonds. The maximum Gasteiger partial charge on any atom is 0.203 e. The summed E-state index contributed by atoms with van der Waals surface area (Å²) in [6.07, 6.45) is 4.25. The first-order valence-corrected chi connectivity index (χ1v) is 6.75. The lowest BCUT2D eigenvalue weighted by molar-refractivity contribution is 0.265. The summed E-state index contributed by atoms with van der Waals surface area (Å²) >= 11 is 0. The number of rotatable bonds is 7. The van der Waals surface area contributed by atoms with Gasteiger partial charge in [0, 0.05) is 18.0 Å². The lowest BCUT2D eigenvalue weighted by atomic mass is 10.1. The van der Waals surface area contributed by atoms with Gasteiger partial charge in [-0.25, -0.2) is 0 Å². The molecule has 1 heterocycles. The molecule has 0 aliphatic rings. The van der Waals surface area contributed by atoms with E-state index in [0.29, 0.717) is 30.4 Å². The summed E-state index contributed by atoms with van der Waals surface area (Å²) in [5.41, 5.74) is 7.63. The topological polar surface area (TPSA) is 66.6 Å². The fourth-order valence-corrected chi connectivity index (χ4v) is 2.03. The number of benzene rings is 1. The van der Waals surface area contributed by atoms with Crippen LogP contribution in [0.25, 0.3) is 0 Å². The summed E-state index contributed by atoms with van der Waals surface area (Å²) in [5, 5.41) is 0. The van der Waals surface area contributed by atoms with Crippen molar-refractivity contribution < 1.29 is 14.2 Å². The summed E-state index contributed by atoms with van der Waals surface area (Å²) in [6.45, 7) is 0.971. The van der Waals surface area contributed by atoms with Crippen molar-refractivity contribution in [1.29, 1.82) is 0 Å². The van der Waals surface area contributed by atoms with Crippen molar-refractivity contribution in [3.63, 3.8) is 0 Å². The number of pyridine rings is 1. The summed E-state index contributed by atoms with van der Waals surface area (Å²) < 4.78 is 16.7. The van der Waals surface area contributed by atoms with Crippen LogP contribution in [0.1, 0.15) is 11.1 Å².